The molecular formula is C13H18N6O3. The van der Waals surface area contributed by atoms with Gasteiger partial charge >= 0.3 is 5.97 Å². The van der Waals surface area contributed by atoms with Crippen LogP contribution in [0.1, 0.15) is 26.5 Å². The molecule has 0 saturated heterocycles. The normalized spacial score (nSPS) is 17.4. The molecule has 2 heterocycles. The van der Waals surface area contributed by atoms with E-state index in [4.69, 9.17) is 10.3 Å². The predicted molar refractivity (Wildman–Crippen MR) is 76.4 cm³/mol. The molecule has 0 spiro atoms. The Kier molecular flexibility index (Phi) is 4.37. The Labute approximate surface area is 127 Å². The zero-order chi connectivity index (χ0) is 16.3. The van der Waals surface area contributed by atoms with Crippen LogP contribution in [0.25, 0.3) is 10.4 Å². The Hall–Kier alpha value is -2.54. The van der Waals surface area contributed by atoms with E-state index in [0.29, 0.717) is 0 Å². The van der Waals surface area contributed by atoms with Gasteiger partial charge in [-0.2, -0.15) is 5.10 Å². The number of nitrogens with zero attached hydrogens (tertiary/aromatic N) is 6. The number of rotatable bonds is 3. The molecule has 0 aromatic carbocycles. The quantitative estimate of drug-likeness (QED) is 0.362. The molecule has 1 amide bonds. The lowest BCUT2D eigenvalue weighted by Crippen LogP contribution is -2.53. The number of fused-ring (bicyclic) bond motifs is 1. The molecule has 1 aromatic heterocycles. The Morgan fingerprint density at radius 3 is 2.91 bits per heavy atom. The first-order chi connectivity index (χ1) is 10.3. The maximum Gasteiger partial charge on any atom is 0.331 e. The highest BCUT2D eigenvalue weighted by Crippen LogP contribution is 2.20. The average Bonchev–Trinajstić information content (AvgIpc) is 2.88. The van der Waals surface area contributed by atoms with Crippen LogP contribution in [0.2, 0.25) is 0 Å². The number of carbonyl (C=O) groups is 2. The Bertz CT molecular complexity index is 626. The molecule has 1 aromatic rings. The molecule has 0 N–H and O–H groups in total. The van der Waals surface area contributed by atoms with Crippen molar-refractivity contribution in [3.05, 3.63) is 28.4 Å². The molecule has 2 rings (SSSR count). The fourth-order valence-electron chi connectivity index (χ4n) is 2.22. The van der Waals surface area contributed by atoms with Crippen LogP contribution in [0, 0.1) is 0 Å². The minimum absolute atomic E-state index is 0.221. The summed E-state index contributed by atoms with van der Waals surface area (Å²) >= 11 is 0. The molecule has 22 heavy (non-hydrogen) atoms. The van der Waals surface area contributed by atoms with Gasteiger partial charge < -0.3 is 9.64 Å². The first kappa shape index (κ1) is 15.8. The molecule has 1 aliphatic rings. The summed E-state index contributed by atoms with van der Waals surface area (Å²) in [5.74, 6) is -0.913. The van der Waals surface area contributed by atoms with Crippen LogP contribution in [0.5, 0.6) is 0 Å². The number of hydrogen-bond donors (Lipinski definition) is 0. The van der Waals surface area contributed by atoms with E-state index >= 15 is 0 Å². The van der Waals surface area contributed by atoms with Gasteiger partial charge in [0, 0.05) is 11.1 Å². The predicted octanol–water partition coefficient (Wildman–Crippen LogP) is 1.25. The van der Waals surface area contributed by atoms with Crippen molar-refractivity contribution in [2.45, 2.75) is 45.5 Å². The summed E-state index contributed by atoms with van der Waals surface area (Å²) in [6, 6.07) is 0.993. The summed E-state index contributed by atoms with van der Waals surface area (Å²) in [6.07, 6.45) is 1.61. The van der Waals surface area contributed by atoms with Crippen molar-refractivity contribution < 1.29 is 14.3 Å². The first-order valence-corrected chi connectivity index (χ1v) is 6.85. The highest BCUT2D eigenvalue weighted by atomic mass is 16.6. The molecule has 9 nitrogen and oxygen atoms in total. The van der Waals surface area contributed by atoms with E-state index in [2.05, 4.69) is 15.1 Å². The minimum Gasteiger partial charge on any atom is -0.458 e. The lowest BCUT2D eigenvalue weighted by Gasteiger charge is -2.35. The second-order valence-corrected chi connectivity index (χ2v) is 5.96. The number of azide groups is 1. The average molecular weight is 306 g/mol. The standard InChI is InChI=1S/C13H18N6O3/c1-13(2,3)22-12(21)10-8-19-9(4-5-16-19)7-18(10)11(20)6-15-17-14/h4-5,10H,6-8H2,1-3H3/t10-/m1/s1. The molecule has 9 heteroatoms. The van der Waals surface area contributed by atoms with E-state index < -0.39 is 23.5 Å². The van der Waals surface area contributed by atoms with E-state index in [-0.39, 0.29) is 19.6 Å². The van der Waals surface area contributed by atoms with Crippen molar-refractivity contribution in [2.75, 3.05) is 6.54 Å². The van der Waals surface area contributed by atoms with Gasteiger partial charge in [0.2, 0.25) is 5.91 Å². The van der Waals surface area contributed by atoms with Gasteiger partial charge in [0.05, 0.1) is 18.8 Å². The summed E-state index contributed by atoms with van der Waals surface area (Å²) in [6.45, 7) is 5.41. The second-order valence-electron chi connectivity index (χ2n) is 5.96. The number of ether oxygens (including phenoxy) is 1. The van der Waals surface area contributed by atoms with Crippen LogP contribution in [0.4, 0.5) is 0 Å². The maximum atomic E-state index is 12.4. The summed E-state index contributed by atoms with van der Waals surface area (Å²) in [7, 11) is 0. The molecule has 0 aliphatic carbocycles. The van der Waals surface area contributed by atoms with E-state index in [1.165, 1.54) is 4.90 Å². The van der Waals surface area contributed by atoms with Gasteiger partial charge in [-0.15, -0.1) is 0 Å². The van der Waals surface area contributed by atoms with Crippen LogP contribution < -0.4 is 0 Å². The lowest BCUT2D eigenvalue weighted by molar-refractivity contribution is -0.166. The Balaban J connectivity index is 2.24. The van der Waals surface area contributed by atoms with Gasteiger partial charge in [0.15, 0.2) is 0 Å². The molecule has 0 radical (unpaired) electrons. The van der Waals surface area contributed by atoms with Crippen LogP contribution in [-0.2, 0) is 27.4 Å². The zero-order valence-corrected chi connectivity index (χ0v) is 12.8. The smallest absolute Gasteiger partial charge is 0.331 e. The summed E-state index contributed by atoms with van der Waals surface area (Å²) in [4.78, 5) is 28.5. The van der Waals surface area contributed by atoms with E-state index in [1.807, 2.05) is 0 Å². The van der Waals surface area contributed by atoms with Gasteiger partial charge in [-0.1, -0.05) is 5.11 Å². The minimum atomic E-state index is -0.784. The molecule has 0 unspecified atom stereocenters. The summed E-state index contributed by atoms with van der Waals surface area (Å²) in [5.41, 5.74) is 8.51. The van der Waals surface area contributed by atoms with Gasteiger partial charge in [-0.3, -0.25) is 9.48 Å². The van der Waals surface area contributed by atoms with Gasteiger partial charge in [0.1, 0.15) is 18.2 Å². The number of amides is 1. The Morgan fingerprint density at radius 1 is 1.55 bits per heavy atom. The molecule has 0 bridgehead atoms. The fraction of sp³-hybridized carbons (Fsp3) is 0.615. The van der Waals surface area contributed by atoms with Crippen molar-refractivity contribution in [3.8, 4) is 0 Å². The number of carbonyl (C=O) groups excluding carboxylic acids is 2. The highest BCUT2D eigenvalue weighted by Gasteiger charge is 2.37. The molecule has 118 valence electrons. The van der Waals surface area contributed by atoms with Crippen molar-refractivity contribution >= 4 is 11.9 Å². The van der Waals surface area contributed by atoms with Crippen LogP contribution >= 0.6 is 0 Å². The monoisotopic (exact) mass is 306 g/mol. The maximum absolute atomic E-state index is 12.4. The topological polar surface area (TPSA) is 113 Å². The SMILES string of the molecule is CC(C)(C)OC(=O)[C@H]1Cn2nccc2CN1C(=O)CN=[N+]=[N-]. The van der Waals surface area contributed by atoms with Crippen molar-refractivity contribution in [1.29, 1.82) is 0 Å². The van der Waals surface area contributed by atoms with E-state index in [0.717, 1.165) is 5.69 Å². The van der Waals surface area contributed by atoms with Crippen LogP contribution in [0.3, 0.4) is 0 Å². The first-order valence-electron chi connectivity index (χ1n) is 6.85. The van der Waals surface area contributed by atoms with Crippen LogP contribution in [-0.4, -0.2) is 44.7 Å². The molecule has 0 saturated carbocycles. The second kappa shape index (κ2) is 6.07. The molecule has 1 atom stereocenters. The fourth-order valence-corrected chi connectivity index (χ4v) is 2.22. The summed E-state index contributed by atoms with van der Waals surface area (Å²) < 4.78 is 7.05. The third-order valence-electron chi connectivity index (χ3n) is 3.13. The molecule has 1 aliphatic heterocycles. The number of esters is 1. The third-order valence-corrected chi connectivity index (χ3v) is 3.13. The van der Waals surface area contributed by atoms with Gasteiger partial charge in [-0.25, -0.2) is 4.79 Å². The lowest BCUT2D eigenvalue weighted by atomic mass is 10.1. The molecular weight excluding hydrogens is 288 g/mol. The Morgan fingerprint density at radius 2 is 2.27 bits per heavy atom. The number of hydrogen-bond acceptors (Lipinski definition) is 5. The van der Waals surface area contributed by atoms with Gasteiger partial charge in [0.25, 0.3) is 0 Å². The summed E-state index contributed by atoms with van der Waals surface area (Å²) in [5, 5.41) is 7.40. The van der Waals surface area contributed by atoms with Crippen molar-refractivity contribution in [1.82, 2.24) is 14.7 Å². The van der Waals surface area contributed by atoms with Gasteiger partial charge in [-0.05, 0) is 32.4 Å². The third kappa shape index (κ3) is 3.56. The molecule has 0 fully saturated rings. The van der Waals surface area contributed by atoms with Crippen molar-refractivity contribution in [2.24, 2.45) is 5.11 Å². The highest BCUT2D eigenvalue weighted by molar-refractivity contribution is 5.86. The largest absolute Gasteiger partial charge is 0.458 e. The van der Waals surface area contributed by atoms with E-state index in [9.17, 15) is 9.59 Å². The van der Waals surface area contributed by atoms with E-state index in [1.54, 1.807) is 37.7 Å². The van der Waals surface area contributed by atoms with Crippen molar-refractivity contribution in [3.63, 3.8) is 0 Å². The van der Waals surface area contributed by atoms with Crippen LogP contribution in [0.15, 0.2) is 17.4 Å². The number of aromatic nitrogens is 2. The zero-order valence-electron chi connectivity index (χ0n) is 12.8.